The predicted octanol–water partition coefficient (Wildman–Crippen LogP) is 24.1. The Bertz CT molecular complexity index is 7290. The molecular weight excluding hydrogens is 1830 g/mol. The fourth-order valence-electron chi connectivity index (χ4n) is 13.2. The monoisotopic (exact) mass is 1920 g/mol. The molecule has 1 aliphatic carbocycles. The van der Waals surface area contributed by atoms with Crippen molar-refractivity contribution < 1.29 is 90.7 Å². The molecule has 0 fully saturated rings. The standard InChI is InChI=1S/C34H27F2N3O4.C19H17FN2O5.C19H19FN2O3.C13H14ClNO2.C10H8ClNO.C9H6ClNO/c1-34(2,41)19-42-24-9-11-26-28(18-24)37-16-14-29(26)43-30-12-8-23(17-27(30)36)39-33-31-21(13-15-38-33)5-10-25(32(31)40)20-3-6-22(35)7-4-20;1-19(2,23)11-26-13-4-5-14-16(10-13)21-8-7-17(14)27-18-6-3-12(22(24)25)9-15(18)20;1-19(2,23)11-24-13-4-5-14-16(10-13)22-8-7-17(14)25-18-6-3-12(21)9-15(18)20;1-13(2,16)8-17-9-3-4-10-11(14)5-6-15-12(10)7-9;1-13-7-2-3-8-9(11)4-5-12-10(8)6-7;10-8-3-4-11-9-5-6(12)1-2-7(8)9/h3-4,6-18,41H,5,19H2,1-2H3,(H,38,39);3-10,23H,11H2,1-2H3;3-10,23H,11,21H2,1-2H3;3-7,16H,8H2,1-2H3;2-6H,1H3;1-5,12H. The molecule has 1 aliphatic rings. The van der Waals surface area contributed by atoms with E-state index in [-0.39, 0.29) is 66.7 Å². The summed E-state index contributed by atoms with van der Waals surface area (Å²) in [5.41, 5.74) is 8.54. The number of hydrogen-bond acceptors (Lipinski definition) is 25. The van der Waals surface area contributed by atoms with Crippen molar-refractivity contribution in [2.75, 3.05) is 44.6 Å². The van der Waals surface area contributed by atoms with Crippen molar-refractivity contribution in [3.63, 3.8) is 0 Å². The number of hydrogen-bond donors (Lipinski definition) is 7. The number of ether oxygens (including phenoxy) is 8. The van der Waals surface area contributed by atoms with Gasteiger partial charge in [0.15, 0.2) is 40.5 Å². The summed E-state index contributed by atoms with van der Waals surface area (Å²) in [6.45, 7) is 13.9. The van der Waals surface area contributed by atoms with Gasteiger partial charge >= 0.3 is 0 Å². The number of allylic oxidation sites excluding steroid dienone is 2. The van der Waals surface area contributed by atoms with Crippen molar-refractivity contribution in [2.24, 2.45) is 0 Å². The number of nitrogens with two attached hydrogens (primary N) is 1. The normalized spacial score (nSPS) is 11.8. The van der Waals surface area contributed by atoms with Crippen LogP contribution in [0.25, 0.3) is 71.0 Å². The van der Waals surface area contributed by atoms with Crippen LogP contribution in [0.15, 0.2) is 280 Å². The van der Waals surface area contributed by atoms with Crippen LogP contribution in [0, 0.1) is 33.4 Å². The molecule has 7 heterocycles. The molecule has 10 aromatic carbocycles. The van der Waals surface area contributed by atoms with Crippen LogP contribution in [-0.4, -0.2) is 127 Å². The summed E-state index contributed by atoms with van der Waals surface area (Å²) >= 11 is 17.9. The maximum absolute atomic E-state index is 15.3. The number of ketones is 1. The summed E-state index contributed by atoms with van der Waals surface area (Å²) in [4.78, 5) is 53.2. The lowest BCUT2D eigenvalue weighted by Crippen LogP contribution is -2.27. The van der Waals surface area contributed by atoms with Gasteiger partial charge in [0.25, 0.3) is 5.69 Å². The number of nitrogens with zero attached hydrogens (tertiary/aromatic N) is 8. The van der Waals surface area contributed by atoms with Gasteiger partial charge in [-0.3, -0.25) is 44.8 Å². The van der Waals surface area contributed by atoms with E-state index in [1.165, 1.54) is 54.7 Å². The molecule has 0 spiro atoms. The molecule has 137 heavy (non-hydrogen) atoms. The van der Waals surface area contributed by atoms with Gasteiger partial charge in [0, 0.05) is 147 Å². The minimum Gasteiger partial charge on any atom is -0.508 e. The third kappa shape index (κ3) is 27.6. The van der Waals surface area contributed by atoms with E-state index in [1.807, 2.05) is 42.5 Å². The van der Waals surface area contributed by atoms with E-state index in [2.05, 4.69) is 40.2 Å². The van der Waals surface area contributed by atoms with E-state index in [0.29, 0.717) is 134 Å². The number of nitrogens with one attached hydrogen (secondary N) is 1. The number of nitro benzene ring substituents is 1. The molecule has 33 heteroatoms. The molecule has 7 aromatic heterocycles. The Hall–Kier alpha value is -15.2. The fraction of sp³-hybridized carbons (Fsp3) is 0.173. The Morgan fingerprint density at radius 3 is 1.17 bits per heavy atom. The van der Waals surface area contributed by atoms with E-state index in [1.54, 1.807) is 239 Å². The zero-order valence-corrected chi connectivity index (χ0v) is 77.4. The largest absolute Gasteiger partial charge is 0.508 e. The summed E-state index contributed by atoms with van der Waals surface area (Å²) in [6, 6.07) is 61.2. The number of Topliss-reactive ketones (excluding diaryl/α,β-unsaturated/α-hetero) is 1. The number of aromatic hydroxyl groups is 1. The number of aliphatic hydroxyl groups is 4. The Labute approximate surface area is 798 Å². The Morgan fingerprint density at radius 2 is 0.766 bits per heavy atom. The minimum atomic E-state index is -0.985. The van der Waals surface area contributed by atoms with Gasteiger partial charge in [-0.05, 0) is 231 Å². The van der Waals surface area contributed by atoms with Crippen molar-refractivity contribution in [1.82, 2.24) is 34.9 Å². The third-order valence-corrected chi connectivity index (χ3v) is 20.7. The summed E-state index contributed by atoms with van der Waals surface area (Å²) in [5, 5.41) is 68.6. The van der Waals surface area contributed by atoms with Gasteiger partial charge in [0.2, 0.25) is 0 Å². The highest BCUT2D eigenvalue weighted by Crippen LogP contribution is 2.40. The molecular formula is C104H91Cl3F4N10O16. The Kier molecular flexibility index (Phi) is 31.8. The Balaban J connectivity index is 0.000000147. The number of anilines is 3. The zero-order chi connectivity index (χ0) is 98.0. The van der Waals surface area contributed by atoms with Gasteiger partial charge in [-0.1, -0.05) is 53.0 Å². The van der Waals surface area contributed by atoms with Crippen LogP contribution in [-0.2, 0) is 6.42 Å². The number of methoxy groups -OCH3 is 1. The highest BCUT2D eigenvalue weighted by molar-refractivity contribution is 6.36. The molecule has 0 atom stereocenters. The molecule has 26 nitrogen and oxygen atoms in total. The number of fused-ring (bicyclic) bond motifs is 7. The third-order valence-electron chi connectivity index (χ3n) is 19.7. The van der Waals surface area contributed by atoms with Crippen LogP contribution >= 0.6 is 34.8 Å². The van der Waals surface area contributed by atoms with Gasteiger partial charge in [0.1, 0.15) is 89.8 Å². The number of nitro groups is 1. The van der Waals surface area contributed by atoms with Gasteiger partial charge in [-0.15, -0.1) is 0 Å². The van der Waals surface area contributed by atoms with Crippen LogP contribution in [0.2, 0.25) is 15.1 Å². The molecule has 0 unspecified atom stereocenters. The van der Waals surface area contributed by atoms with Crippen molar-refractivity contribution in [3.05, 3.63) is 345 Å². The molecule has 17 aromatic rings. The van der Waals surface area contributed by atoms with Gasteiger partial charge < -0.3 is 74.5 Å². The first-order valence-corrected chi connectivity index (χ1v) is 43.4. The molecule has 0 saturated heterocycles. The number of nitrogen functional groups attached to an aromatic ring is 1. The van der Waals surface area contributed by atoms with E-state index < -0.39 is 44.8 Å². The number of non-ortho nitro benzene ring substituents is 1. The lowest BCUT2D eigenvalue weighted by Gasteiger charge is -2.19. The molecule has 0 saturated carbocycles. The summed E-state index contributed by atoms with van der Waals surface area (Å²) in [7, 11) is 1.63. The van der Waals surface area contributed by atoms with Crippen molar-refractivity contribution in [3.8, 4) is 69.0 Å². The number of carbonyl (C=O) groups is 1. The number of carbonyl (C=O) groups excluding carboxylic acids is 1. The number of phenols is 1. The quantitative estimate of drug-likeness (QED) is 0.0135. The van der Waals surface area contributed by atoms with E-state index in [0.717, 1.165) is 44.6 Å². The number of halogens is 7. The second-order valence-corrected chi connectivity index (χ2v) is 34.7. The number of rotatable bonds is 23. The first-order valence-electron chi connectivity index (χ1n) is 42.2. The van der Waals surface area contributed by atoms with Crippen molar-refractivity contribution >= 4 is 134 Å². The van der Waals surface area contributed by atoms with Gasteiger partial charge in [0.05, 0.1) is 94.2 Å². The van der Waals surface area contributed by atoms with Crippen molar-refractivity contribution in [2.45, 2.75) is 84.2 Å². The highest BCUT2D eigenvalue weighted by Gasteiger charge is 2.28. The maximum Gasteiger partial charge on any atom is 0.272 e. The molecule has 0 radical (unpaired) electrons. The average molecular weight is 1920 g/mol. The predicted molar refractivity (Wildman–Crippen MR) is 521 cm³/mol. The molecule has 0 amide bonds. The molecule has 702 valence electrons. The molecule has 0 aliphatic heterocycles. The van der Waals surface area contributed by atoms with Crippen LogP contribution in [0.3, 0.4) is 0 Å². The molecule has 0 bridgehead atoms. The second-order valence-electron chi connectivity index (χ2n) is 33.5. The van der Waals surface area contributed by atoms with Gasteiger partial charge in [-0.25, -0.2) is 22.5 Å². The number of aromatic nitrogens is 7. The van der Waals surface area contributed by atoms with Crippen LogP contribution in [0.4, 0.5) is 40.4 Å². The summed E-state index contributed by atoms with van der Waals surface area (Å²) in [6.07, 6.45) is 13.5. The first-order chi connectivity index (χ1) is 65.2. The summed E-state index contributed by atoms with van der Waals surface area (Å²) < 4.78 is 101. The topological polar surface area (TPSA) is 363 Å². The van der Waals surface area contributed by atoms with E-state index in [9.17, 15) is 48.5 Å². The SMILES string of the molecule is CC(C)(O)COc1ccc2c(Cl)ccnc2c1.CC(C)(O)COc1ccc2c(Oc3ccc(N)cc3F)ccnc2c1.CC(C)(O)COc1ccc2c(Oc3ccc(Nc4nccc5c4C(=O)C(c4ccc(F)cc4)=CC5)cc3F)ccnc2c1.CC(C)(O)COc1ccc2c(Oc3ccc([N+](=O)[O-])cc3F)ccnc2c1.COc1ccc2c(Cl)ccnc2c1.Oc1ccc2c(Cl)ccnc2c1. The summed E-state index contributed by atoms with van der Waals surface area (Å²) in [5.74, 6) is 2.18. The number of pyridine rings is 7. The number of benzene rings is 10. The fourth-order valence-corrected chi connectivity index (χ4v) is 13.8. The van der Waals surface area contributed by atoms with Crippen molar-refractivity contribution in [1.29, 1.82) is 0 Å². The lowest BCUT2D eigenvalue weighted by molar-refractivity contribution is -0.385. The van der Waals surface area contributed by atoms with Gasteiger partial charge in [-0.2, -0.15) is 0 Å². The van der Waals surface area contributed by atoms with Crippen LogP contribution in [0.1, 0.15) is 76.9 Å². The average Bonchev–Trinajstić information content (AvgIpc) is 0.790. The highest BCUT2D eigenvalue weighted by atomic mass is 35.5. The zero-order valence-electron chi connectivity index (χ0n) is 75.1. The second kappa shape index (κ2) is 43.9. The van der Waals surface area contributed by atoms with E-state index in [4.69, 9.17) is 83.5 Å². The minimum absolute atomic E-state index is 0.000983. The smallest absolute Gasteiger partial charge is 0.272 e. The first kappa shape index (κ1) is 99.3. The Morgan fingerprint density at radius 1 is 0.409 bits per heavy atom. The number of phenolic OH excluding ortho intramolecular Hbond substituents is 1. The lowest BCUT2D eigenvalue weighted by atomic mass is 9.87. The molecule has 8 N–H and O–H groups in total. The van der Waals surface area contributed by atoms with Crippen LogP contribution < -0.4 is 48.9 Å². The van der Waals surface area contributed by atoms with Crippen LogP contribution in [0.5, 0.6) is 69.0 Å². The molecule has 18 rings (SSSR count). The maximum atomic E-state index is 15.3. The van der Waals surface area contributed by atoms with E-state index >= 15 is 4.39 Å².